The molecule has 0 saturated carbocycles. The maximum atomic E-state index is 5.56. The average molecular weight is 215 g/mol. The predicted molar refractivity (Wildman–Crippen MR) is 67.2 cm³/mol. The summed E-state index contributed by atoms with van der Waals surface area (Å²) in [4.78, 5) is 0. The fraction of sp³-hybridized carbons (Fsp3) is 1.00. The molecule has 0 aliphatic heterocycles. The fourth-order valence-corrected chi connectivity index (χ4v) is 2.10. The third-order valence-corrected chi connectivity index (χ3v) is 2.97. The minimum Gasteiger partial charge on any atom is -0.381 e. The Morgan fingerprint density at radius 1 is 1.07 bits per heavy atom. The van der Waals surface area contributed by atoms with E-state index in [9.17, 15) is 0 Å². The molecule has 92 valence electrons. The largest absolute Gasteiger partial charge is 0.381 e. The Labute approximate surface area is 95.8 Å². The second kappa shape index (κ2) is 9.17. The Hall–Kier alpha value is -0.0800. The summed E-state index contributed by atoms with van der Waals surface area (Å²) < 4.78 is 5.56. The first-order valence-corrected chi connectivity index (χ1v) is 6.44. The van der Waals surface area contributed by atoms with Crippen LogP contribution in [0, 0.1) is 11.8 Å². The third kappa shape index (κ3) is 6.91. The Balaban J connectivity index is 3.82. The van der Waals surface area contributed by atoms with Gasteiger partial charge in [-0.15, -0.1) is 0 Å². The van der Waals surface area contributed by atoms with Crippen LogP contribution in [0.2, 0.25) is 0 Å². The summed E-state index contributed by atoms with van der Waals surface area (Å²) in [5.41, 5.74) is 0. The van der Waals surface area contributed by atoms with Crippen LogP contribution in [-0.2, 0) is 4.74 Å². The molecule has 0 amide bonds. The molecule has 0 saturated heterocycles. The van der Waals surface area contributed by atoms with Gasteiger partial charge in [-0.2, -0.15) is 0 Å². The zero-order valence-electron chi connectivity index (χ0n) is 11.2. The first-order chi connectivity index (χ1) is 7.13. The van der Waals surface area contributed by atoms with E-state index in [-0.39, 0.29) is 0 Å². The number of hydrogen-bond donors (Lipinski definition) is 1. The van der Waals surface area contributed by atoms with Gasteiger partial charge in [-0.05, 0) is 38.1 Å². The van der Waals surface area contributed by atoms with Crippen LogP contribution in [0.15, 0.2) is 0 Å². The van der Waals surface area contributed by atoms with Gasteiger partial charge >= 0.3 is 0 Å². The van der Waals surface area contributed by atoms with Gasteiger partial charge < -0.3 is 10.1 Å². The van der Waals surface area contributed by atoms with Crippen molar-refractivity contribution >= 4 is 0 Å². The highest BCUT2D eigenvalue weighted by Gasteiger charge is 2.19. The number of hydrogen-bond acceptors (Lipinski definition) is 2. The van der Waals surface area contributed by atoms with Crippen LogP contribution in [-0.4, -0.2) is 25.8 Å². The summed E-state index contributed by atoms with van der Waals surface area (Å²) in [6.07, 6.45) is 2.29. The van der Waals surface area contributed by atoms with Gasteiger partial charge in [-0.1, -0.05) is 27.7 Å². The van der Waals surface area contributed by atoms with Gasteiger partial charge in [0, 0.05) is 19.3 Å². The van der Waals surface area contributed by atoms with Crippen molar-refractivity contribution in [3.8, 4) is 0 Å². The molecule has 2 unspecified atom stereocenters. The van der Waals surface area contributed by atoms with Crippen molar-refractivity contribution in [2.45, 2.75) is 53.5 Å². The number of rotatable bonds is 9. The van der Waals surface area contributed by atoms with Crippen molar-refractivity contribution in [1.82, 2.24) is 5.32 Å². The lowest BCUT2D eigenvalue weighted by atomic mass is 9.86. The highest BCUT2D eigenvalue weighted by Crippen LogP contribution is 2.19. The summed E-state index contributed by atoms with van der Waals surface area (Å²) in [6.45, 7) is 14.1. The molecule has 2 heteroatoms. The van der Waals surface area contributed by atoms with E-state index in [1.54, 1.807) is 0 Å². The number of nitrogens with one attached hydrogen (secondary N) is 1. The molecular formula is C13H29NO. The van der Waals surface area contributed by atoms with Crippen molar-refractivity contribution in [1.29, 1.82) is 0 Å². The molecule has 0 aromatic heterocycles. The molecule has 0 bridgehead atoms. The van der Waals surface area contributed by atoms with Crippen molar-refractivity contribution in [2.24, 2.45) is 11.8 Å². The second-order valence-corrected chi connectivity index (χ2v) is 4.66. The molecule has 2 atom stereocenters. The minimum atomic E-state index is 0.597. The van der Waals surface area contributed by atoms with Crippen molar-refractivity contribution in [2.75, 3.05) is 19.8 Å². The Kier molecular flexibility index (Phi) is 9.12. The molecule has 0 rings (SSSR count). The lowest BCUT2D eigenvalue weighted by Crippen LogP contribution is -2.36. The molecule has 0 aliphatic carbocycles. The summed E-state index contributed by atoms with van der Waals surface area (Å²) in [5.74, 6) is 1.45. The van der Waals surface area contributed by atoms with Crippen LogP contribution in [0.3, 0.4) is 0 Å². The molecule has 15 heavy (non-hydrogen) atoms. The van der Waals surface area contributed by atoms with Gasteiger partial charge in [0.25, 0.3) is 0 Å². The molecule has 0 heterocycles. The molecule has 0 radical (unpaired) electrons. The van der Waals surface area contributed by atoms with E-state index in [0.29, 0.717) is 6.04 Å². The molecule has 2 nitrogen and oxygen atoms in total. The maximum absolute atomic E-state index is 5.56. The van der Waals surface area contributed by atoms with Crippen LogP contribution in [0.1, 0.15) is 47.5 Å². The van der Waals surface area contributed by atoms with E-state index in [0.717, 1.165) is 38.0 Å². The Morgan fingerprint density at radius 2 is 1.73 bits per heavy atom. The van der Waals surface area contributed by atoms with E-state index in [1.807, 2.05) is 0 Å². The van der Waals surface area contributed by atoms with Gasteiger partial charge in [-0.25, -0.2) is 0 Å². The molecule has 0 aromatic rings. The highest BCUT2D eigenvalue weighted by atomic mass is 16.5. The maximum Gasteiger partial charge on any atom is 0.0469 e. The van der Waals surface area contributed by atoms with Crippen molar-refractivity contribution in [3.63, 3.8) is 0 Å². The summed E-state index contributed by atoms with van der Waals surface area (Å²) in [7, 11) is 0. The Morgan fingerprint density at radius 3 is 2.20 bits per heavy atom. The SMILES string of the molecule is CCCOCCC(C(C)C)C(C)NCC. The van der Waals surface area contributed by atoms with Gasteiger partial charge in [0.15, 0.2) is 0 Å². The van der Waals surface area contributed by atoms with Gasteiger partial charge in [0.2, 0.25) is 0 Å². The smallest absolute Gasteiger partial charge is 0.0469 e. The fourth-order valence-electron chi connectivity index (χ4n) is 2.10. The molecule has 0 aliphatic rings. The normalized spacial score (nSPS) is 15.6. The summed E-state index contributed by atoms with van der Waals surface area (Å²) in [5, 5.41) is 3.51. The molecule has 0 aromatic carbocycles. The lowest BCUT2D eigenvalue weighted by Gasteiger charge is -2.28. The first-order valence-electron chi connectivity index (χ1n) is 6.44. The zero-order valence-corrected chi connectivity index (χ0v) is 11.2. The zero-order chi connectivity index (χ0) is 11.7. The van der Waals surface area contributed by atoms with E-state index >= 15 is 0 Å². The molecule has 0 fully saturated rings. The van der Waals surface area contributed by atoms with E-state index < -0.39 is 0 Å². The molecular weight excluding hydrogens is 186 g/mol. The summed E-state index contributed by atoms with van der Waals surface area (Å²) >= 11 is 0. The van der Waals surface area contributed by atoms with Crippen LogP contribution in [0.5, 0.6) is 0 Å². The van der Waals surface area contributed by atoms with Crippen LogP contribution in [0.4, 0.5) is 0 Å². The summed E-state index contributed by atoms with van der Waals surface area (Å²) in [6, 6.07) is 0.597. The third-order valence-electron chi connectivity index (χ3n) is 2.97. The second-order valence-electron chi connectivity index (χ2n) is 4.66. The lowest BCUT2D eigenvalue weighted by molar-refractivity contribution is 0.106. The topological polar surface area (TPSA) is 21.3 Å². The van der Waals surface area contributed by atoms with Crippen LogP contribution < -0.4 is 5.32 Å². The van der Waals surface area contributed by atoms with Crippen molar-refractivity contribution in [3.05, 3.63) is 0 Å². The first kappa shape index (κ1) is 14.9. The average Bonchev–Trinajstić information content (AvgIpc) is 2.17. The molecule has 0 spiro atoms. The monoisotopic (exact) mass is 215 g/mol. The standard InChI is InChI=1S/C13H29NO/c1-6-9-15-10-8-13(11(3)4)12(5)14-7-2/h11-14H,6-10H2,1-5H3. The minimum absolute atomic E-state index is 0.597. The van der Waals surface area contributed by atoms with Crippen molar-refractivity contribution < 1.29 is 4.74 Å². The van der Waals surface area contributed by atoms with Gasteiger partial charge in [0.1, 0.15) is 0 Å². The quantitative estimate of drug-likeness (QED) is 0.597. The van der Waals surface area contributed by atoms with E-state index in [2.05, 4.69) is 39.9 Å². The van der Waals surface area contributed by atoms with Crippen LogP contribution in [0.25, 0.3) is 0 Å². The van der Waals surface area contributed by atoms with E-state index in [4.69, 9.17) is 4.74 Å². The van der Waals surface area contributed by atoms with Gasteiger partial charge in [-0.3, -0.25) is 0 Å². The Bertz CT molecular complexity index is 136. The van der Waals surface area contributed by atoms with Crippen LogP contribution >= 0.6 is 0 Å². The molecule has 1 N–H and O–H groups in total. The highest BCUT2D eigenvalue weighted by molar-refractivity contribution is 4.74. The predicted octanol–water partition coefficient (Wildman–Crippen LogP) is 3.07. The van der Waals surface area contributed by atoms with Gasteiger partial charge in [0.05, 0.1) is 0 Å². The van der Waals surface area contributed by atoms with E-state index in [1.165, 1.54) is 6.42 Å². The number of ether oxygens (including phenoxy) is 1.